The first-order valence-electron chi connectivity index (χ1n) is 5.13. The van der Waals surface area contributed by atoms with Crippen LogP contribution in [-0.2, 0) is 6.18 Å². The maximum atomic E-state index is 12.4. The van der Waals surface area contributed by atoms with Crippen molar-refractivity contribution in [2.75, 3.05) is 0 Å². The third-order valence-corrected chi connectivity index (χ3v) is 2.72. The van der Waals surface area contributed by atoms with Crippen LogP contribution in [0.2, 0.25) is 5.15 Å². The summed E-state index contributed by atoms with van der Waals surface area (Å²) in [4.78, 5) is 17.3. The van der Waals surface area contributed by atoms with Gasteiger partial charge >= 0.3 is 11.9 Å². The van der Waals surface area contributed by atoms with E-state index in [4.69, 9.17) is 11.6 Å². The normalized spacial score (nSPS) is 11.4. The van der Waals surface area contributed by atoms with E-state index < -0.39 is 22.4 Å². The molecule has 0 radical (unpaired) electrons. The van der Waals surface area contributed by atoms with Gasteiger partial charge < -0.3 is 0 Å². The third-order valence-electron chi connectivity index (χ3n) is 2.45. The first-order valence-corrected chi connectivity index (χ1v) is 5.51. The lowest BCUT2D eigenvalue weighted by molar-refractivity contribution is -0.384. The smallest absolute Gasteiger partial charge is 0.258 e. The first kappa shape index (κ1) is 14.2. The van der Waals surface area contributed by atoms with Crippen LogP contribution in [0.5, 0.6) is 0 Å². The van der Waals surface area contributed by atoms with E-state index in [2.05, 4.69) is 9.97 Å². The topological polar surface area (TPSA) is 68.9 Å². The molecule has 0 spiro atoms. The molecule has 0 saturated heterocycles. The Morgan fingerprint density at radius 2 is 1.75 bits per heavy atom. The summed E-state index contributed by atoms with van der Waals surface area (Å²) in [6.07, 6.45) is -3.48. The molecular weight excluding hydrogens is 299 g/mol. The molecule has 2 rings (SSSR count). The van der Waals surface area contributed by atoms with E-state index in [9.17, 15) is 23.3 Å². The third kappa shape index (κ3) is 2.69. The van der Waals surface area contributed by atoms with Crippen LogP contribution in [0.3, 0.4) is 0 Å². The van der Waals surface area contributed by atoms with Gasteiger partial charge in [0.05, 0.1) is 10.5 Å². The molecule has 0 aliphatic carbocycles. The molecule has 5 nitrogen and oxygen atoms in total. The predicted molar refractivity (Wildman–Crippen MR) is 64.1 cm³/mol. The quantitative estimate of drug-likeness (QED) is 0.481. The monoisotopic (exact) mass is 303 g/mol. The summed E-state index contributed by atoms with van der Waals surface area (Å²) in [5, 5.41) is 10.5. The van der Waals surface area contributed by atoms with Gasteiger partial charge in [0.2, 0.25) is 5.15 Å². The number of rotatable bonds is 2. The van der Waals surface area contributed by atoms with Crippen molar-refractivity contribution in [3.63, 3.8) is 0 Å². The molecule has 0 saturated carbocycles. The van der Waals surface area contributed by atoms with E-state index in [-0.39, 0.29) is 16.4 Å². The molecule has 1 aromatic heterocycles. The fraction of sp³-hybridized carbons (Fsp3) is 0.0909. The highest BCUT2D eigenvalue weighted by atomic mass is 35.5. The molecule has 0 unspecified atom stereocenters. The number of benzene rings is 1. The zero-order valence-corrected chi connectivity index (χ0v) is 10.3. The minimum Gasteiger partial charge on any atom is -0.258 e. The number of alkyl halides is 3. The highest BCUT2D eigenvalue weighted by molar-refractivity contribution is 6.31. The maximum Gasteiger partial charge on any atom is 0.416 e. The van der Waals surface area contributed by atoms with Gasteiger partial charge in [-0.3, -0.25) is 10.1 Å². The Morgan fingerprint density at radius 1 is 1.15 bits per heavy atom. The second-order valence-electron chi connectivity index (χ2n) is 3.69. The van der Waals surface area contributed by atoms with Crippen LogP contribution in [0, 0.1) is 10.1 Å². The first-order chi connectivity index (χ1) is 9.30. The van der Waals surface area contributed by atoms with Gasteiger partial charge in [-0.1, -0.05) is 23.7 Å². The zero-order valence-electron chi connectivity index (χ0n) is 9.56. The number of nitro groups is 1. The number of hydrogen-bond acceptors (Lipinski definition) is 4. The van der Waals surface area contributed by atoms with Crippen molar-refractivity contribution in [3.05, 3.63) is 51.4 Å². The van der Waals surface area contributed by atoms with E-state index in [0.29, 0.717) is 0 Å². The molecular formula is C11H5ClF3N3O2. The van der Waals surface area contributed by atoms with Crippen molar-refractivity contribution in [3.8, 4) is 11.3 Å². The van der Waals surface area contributed by atoms with Gasteiger partial charge in [0.25, 0.3) is 0 Å². The van der Waals surface area contributed by atoms with E-state index in [0.717, 1.165) is 30.6 Å². The van der Waals surface area contributed by atoms with Crippen LogP contribution in [0.15, 0.2) is 30.6 Å². The van der Waals surface area contributed by atoms with Crippen LogP contribution in [0.1, 0.15) is 5.56 Å². The van der Waals surface area contributed by atoms with Gasteiger partial charge in [0, 0.05) is 5.56 Å². The SMILES string of the molecule is O=[N+]([O-])c1c(Cl)ncnc1-c1ccc(C(F)(F)F)cc1. The lowest BCUT2D eigenvalue weighted by Gasteiger charge is -2.07. The van der Waals surface area contributed by atoms with Gasteiger partial charge in [0.15, 0.2) is 5.69 Å². The van der Waals surface area contributed by atoms with Crippen LogP contribution >= 0.6 is 11.6 Å². The minimum absolute atomic E-state index is 0.135. The molecule has 20 heavy (non-hydrogen) atoms. The largest absolute Gasteiger partial charge is 0.416 e. The van der Waals surface area contributed by atoms with Gasteiger partial charge in [-0.15, -0.1) is 0 Å². The van der Waals surface area contributed by atoms with Crippen molar-refractivity contribution in [2.45, 2.75) is 6.18 Å². The Morgan fingerprint density at radius 3 is 2.25 bits per heavy atom. The molecule has 0 atom stereocenters. The van der Waals surface area contributed by atoms with E-state index >= 15 is 0 Å². The van der Waals surface area contributed by atoms with Crippen molar-refractivity contribution >= 4 is 17.3 Å². The zero-order chi connectivity index (χ0) is 14.9. The average molecular weight is 304 g/mol. The van der Waals surface area contributed by atoms with Crippen LogP contribution < -0.4 is 0 Å². The second-order valence-corrected chi connectivity index (χ2v) is 4.05. The van der Waals surface area contributed by atoms with Gasteiger partial charge in [-0.2, -0.15) is 13.2 Å². The standard InChI is InChI=1S/C11H5ClF3N3O2/c12-10-9(18(19)20)8(16-5-17-10)6-1-3-7(4-2-6)11(13,14)15/h1-5H. The van der Waals surface area contributed by atoms with E-state index in [1.807, 2.05) is 0 Å². The molecule has 0 aliphatic rings. The average Bonchev–Trinajstić information content (AvgIpc) is 2.37. The number of aromatic nitrogens is 2. The van der Waals surface area contributed by atoms with Crippen LogP contribution in [0.4, 0.5) is 18.9 Å². The molecule has 104 valence electrons. The minimum atomic E-state index is -4.48. The number of halogens is 4. The van der Waals surface area contributed by atoms with Crippen molar-refractivity contribution in [1.82, 2.24) is 9.97 Å². The number of hydrogen-bond donors (Lipinski definition) is 0. The molecule has 0 fully saturated rings. The summed E-state index contributed by atoms with van der Waals surface area (Å²) in [6, 6.07) is 3.81. The van der Waals surface area contributed by atoms with Crippen molar-refractivity contribution < 1.29 is 18.1 Å². The summed E-state index contributed by atoms with van der Waals surface area (Å²) in [5.74, 6) is 0. The summed E-state index contributed by atoms with van der Waals surface area (Å²) >= 11 is 5.61. The Bertz CT molecular complexity index is 659. The fourth-order valence-corrected chi connectivity index (χ4v) is 1.75. The Labute approximate surface area is 115 Å². The van der Waals surface area contributed by atoms with Gasteiger partial charge in [0.1, 0.15) is 6.33 Å². The summed E-state index contributed by atoms with van der Waals surface area (Å²) < 4.78 is 37.3. The molecule has 9 heteroatoms. The molecule has 0 aliphatic heterocycles. The van der Waals surface area contributed by atoms with Gasteiger partial charge in [-0.05, 0) is 12.1 Å². The molecule has 1 aromatic carbocycles. The Kier molecular flexibility index (Phi) is 3.58. The summed E-state index contributed by atoms with van der Waals surface area (Å²) in [6.45, 7) is 0. The van der Waals surface area contributed by atoms with Gasteiger partial charge in [-0.25, -0.2) is 9.97 Å². The predicted octanol–water partition coefficient (Wildman–Crippen LogP) is 3.72. The number of nitrogens with zero attached hydrogens (tertiary/aromatic N) is 3. The Hall–Kier alpha value is -2.22. The van der Waals surface area contributed by atoms with Crippen LogP contribution in [-0.4, -0.2) is 14.9 Å². The summed E-state index contributed by atoms with van der Waals surface area (Å²) in [5.41, 5.74) is -1.39. The van der Waals surface area contributed by atoms with Crippen molar-refractivity contribution in [2.24, 2.45) is 0 Å². The molecule has 0 amide bonds. The molecule has 2 aromatic rings. The lowest BCUT2D eigenvalue weighted by atomic mass is 10.1. The lowest BCUT2D eigenvalue weighted by Crippen LogP contribution is -2.04. The molecule has 1 heterocycles. The summed E-state index contributed by atoms with van der Waals surface area (Å²) in [7, 11) is 0. The van der Waals surface area contributed by atoms with Crippen LogP contribution in [0.25, 0.3) is 11.3 Å². The fourth-order valence-electron chi connectivity index (χ4n) is 1.55. The molecule has 0 bridgehead atoms. The maximum absolute atomic E-state index is 12.4. The van der Waals surface area contributed by atoms with E-state index in [1.54, 1.807) is 0 Å². The highest BCUT2D eigenvalue weighted by Gasteiger charge is 2.30. The second kappa shape index (κ2) is 5.04. The van der Waals surface area contributed by atoms with Crippen molar-refractivity contribution in [1.29, 1.82) is 0 Å². The van der Waals surface area contributed by atoms with E-state index in [1.165, 1.54) is 0 Å². The highest BCUT2D eigenvalue weighted by Crippen LogP contribution is 2.34. The molecule has 0 N–H and O–H groups in total. The Balaban J connectivity index is 2.53.